The van der Waals surface area contributed by atoms with Crippen molar-refractivity contribution in [3.8, 4) is 0 Å². The van der Waals surface area contributed by atoms with Crippen LogP contribution in [0.1, 0.15) is 22.8 Å². The van der Waals surface area contributed by atoms with Crippen molar-refractivity contribution in [1.82, 2.24) is 5.32 Å². The normalized spacial score (nSPS) is 12.3. The van der Waals surface area contributed by atoms with Gasteiger partial charge >= 0.3 is 6.18 Å². The number of rotatable bonds is 7. The summed E-state index contributed by atoms with van der Waals surface area (Å²) in [6.45, 7) is 2.13. The second kappa shape index (κ2) is 9.64. The highest BCUT2D eigenvalue weighted by atomic mass is 32.2. The number of anilines is 1. The van der Waals surface area contributed by atoms with Gasteiger partial charge in [0.25, 0.3) is 5.91 Å². The molecule has 0 saturated heterocycles. The van der Waals surface area contributed by atoms with Gasteiger partial charge in [-0.25, -0.2) is 0 Å². The first kappa shape index (κ1) is 21.8. The van der Waals surface area contributed by atoms with Gasteiger partial charge in [-0.1, -0.05) is 31.2 Å². The molecule has 28 heavy (non-hydrogen) atoms. The Morgan fingerprint density at radius 3 is 2.43 bits per heavy atom. The van der Waals surface area contributed by atoms with E-state index >= 15 is 0 Å². The Balaban J connectivity index is 1.98. The van der Waals surface area contributed by atoms with Crippen molar-refractivity contribution in [1.29, 1.82) is 0 Å². The summed E-state index contributed by atoms with van der Waals surface area (Å²) in [4.78, 5) is 25.4. The minimum Gasteiger partial charge on any atom is -0.343 e. The number of alkyl halides is 3. The molecule has 2 N–H and O–H groups in total. The van der Waals surface area contributed by atoms with Crippen LogP contribution in [0.5, 0.6) is 0 Å². The van der Waals surface area contributed by atoms with E-state index in [1.54, 1.807) is 31.7 Å². The quantitative estimate of drug-likeness (QED) is 0.653. The fourth-order valence-electron chi connectivity index (χ4n) is 2.25. The summed E-state index contributed by atoms with van der Waals surface area (Å²) in [6, 6.07) is 14.1. The van der Waals surface area contributed by atoms with Gasteiger partial charge in [0.15, 0.2) is 0 Å². The molecule has 0 radical (unpaired) electrons. The number of halogens is 3. The van der Waals surface area contributed by atoms with E-state index in [0.29, 0.717) is 17.0 Å². The first-order valence-corrected chi connectivity index (χ1v) is 9.58. The Kier molecular flexibility index (Phi) is 7.51. The summed E-state index contributed by atoms with van der Waals surface area (Å²) in [7, 11) is 0. The first-order valence-electron chi connectivity index (χ1n) is 8.60. The van der Waals surface area contributed by atoms with Crippen LogP contribution in [0.3, 0.4) is 0 Å². The molecule has 2 aromatic rings. The Labute approximate surface area is 165 Å². The van der Waals surface area contributed by atoms with Gasteiger partial charge in [-0.15, -0.1) is 11.8 Å². The Hall–Kier alpha value is -2.48. The van der Waals surface area contributed by atoms with E-state index in [-0.39, 0.29) is 17.4 Å². The van der Waals surface area contributed by atoms with Crippen molar-refractivity contribution < 1.29 is 22.8 Å². The van der Waals surface area contributed by atoms with Crippen molar-refractivity contribution >= 4 is 29.3 Å². The summed E-state index contributed by atoms with van der Waals surface area (Å²) in [5, 5.41) is 4.58. The van der Waals surface area contributed by atoms with Gasteiger partial charge in [0, 0.05) is 27.8 Å². The van der Waals surface area contributed by atoms with Crippen LogP contribution in [0.15, 0.2) is 53.4 Å². The number of nitrogens with one attached hydrogen (secondary N) is 2. The van der Waals surface area contributed by atoms with Crippen LogP contribution in [0.25, 0.3) is 0 Å². The first-order chi connectivity index (χ1) is 13.2. The smallest absolute Gasteiger partial charge is 0.343 e. The number of amides is 2. The van der Waals surface area contributed by atoms with Gasteiger partial charge in [0.2, 0.25) is 5.91 Å². The molecule has 0 aromatic heterocycles. The lowest BCUT2D eigenvalue weighted by molar-refractivity contribution is -0.123. The molecular weight excluding hydrogens is 389 g/mol. The maximum absolute atomic E-state index is 12.5. The van der Waals surface area contributed by atoms with E-state index in [2.05, 4.69) is 5.32 Å². The summed E-state index contributed by atoms with van der Waals surface area (Å²) in [5.74, 6) is -0.798. The topological polar surface area (TPSA) is 58.2 Å². The van der Waals surface area contributed by atoms with Gasteiger partial charge in [-0.2, -0.15) is 13.2 Å². The average Bonchev–Trinajstić information content (AvgIpc) is 2.66. The SMILES string of the molecule is Cc1ccc(C(=O)NCC(F)(F)F)cc1NC(=O)C(C)CSc1ccccc1. The van der Waals surface area contributed by atoms with Crippen molar-refractivity contribution in [2.24, 2.45) is 5.92 Å². The standard InChI is InChI=1S/C20H21F3N2O2S/c1-13-8-9-15(19(27)24-12-20(21,22)23)10-17(13)25-18(26)14(2)11-28-16-6-4-3-5-7-16/h3-10,14H,11-12H2,1-2H3,(H,24,27)(H,25,26). The number of hydrogen-bond donors (Lipinski definition) is 2. The predicted octanol–water partition coefficient (Wildman–Crippen LogP) is 4.65. The lowest BCUT2D eigenvalue weighted by atomic mass is 10.1. The number of thioether (sulfide) groups is 1. The molecular formula is C20H21F3N2O2S. The zero-order valence-corrected chi connectivity index (χ0v) is 16.3. The Bertz CT molecular complexity index is 826. The zero-order chi connectivity index (χ0) is 20.7. The fraction of sp³-hybridized carbons (Fsp3) is 0.300. The highest BCUT2D eigenvalue weighted by molar-refractivity contribution is 7.99. The van der Waals surface area contributed by atoms with E-state index < -0.39 is 18.6 Å². The van der Waals surface area contributed by atoms with Crippen molar-refractivity contribution in [2.45, 2.75) is 24.9 Å². The maximum Gasteiger partial charge on any atom is 0.405 e. The number of aryl methyl sites for hydroxylation is 1. The Morgan fingerprint density at radius 2 is 1.79 bits per heavy atom. The molecule has 0 heterocycles. The number of carbonyl (C=O) groups excluding carboxylic acids is 2. The average molecular weight is 410 g/mol. The van der Waals surface area contributed by atoms with Crippen molar-refractivity contribution in [3.63, 3.8) is 0 Å². The van der Waals surface area contributed by atoms with Crippen LogP contribution in [0.2, 0.25) is 0 Å². The van der Waals surface area contributed by atoms with E-state index in [1.165, 1.54) is 12.1 Å². The van der Waals surface area contributed by atoms with E-state index in [0.717, 1.165) is 4.90 Å². The minimum absolute atomic E-state index is 0.0523. The van der Waals surface area contributed by atoms with Gasteiger partial charge < -0.3 is 10.6 Å². The second-order valence-electron chi connectivity index (χ2n) is 6.34. The molecule has 2 aromatic carbocycles. The fourth-order valence-corrected chi connectivity index (χ4v) is 3.19. The second-order valence-corrected chi connectivity index (χ2v) is 7.44. The summed E-state index contributed by atoms with van der Waals surface area (Å²) in [5.41, 5.74) is 1.17. The molecule has 1 unspecified atom stereocenters. The number of benzene rings is 2. The third kappa shape index (κ3) is 6.92. The highest BCUT2D eigenvalue weighted by Gasteiger charge is 2.28. The van der Waals surface area contributed by atoms with Gasteiger partial charge in [0.05, 0.1) is 0 Å². The van der Waals surface area contributed by atoms with Crippen molar-refractivity contribution in [2.75, 3.05) is 17.6 Å². The molecule has 0 spiro atoms. The largest absolute Gasteiger partial charge is 0.405 e. The van der Waals surface area contributed by atoms with Crippen LogP contribution in [0.4, 0.5) is 18.9 Å². The van der Waals surface area contributed by atoms with Gasteiger partial charge in [0.1, 0.15) is 6.54 Å². The third-order valence-corrected chi connectivity index (χ3v) is 5.17. The predicted molar refractivity (Wildman–Crippen MR) is 105 cm³/mol. The van der Waals surface area contributed by atoms with Crippen molar-refractivity contribution in [3.05, 3.63) is 59.7 Å². The summed E-state index contributed by atoms with van der Waals surface area (Å²) < 4.78 is 36.8. The molecule has 150 valence electrons. The van der Waals surface area contributed by atoms with Gasteiger partial charge in [-0.3, -0.25) is 9.59 Å². The monoisotopic (exact) mass is 410 g/mol. The molecule has 2 amide bonds. The highest BCUT2D eigenvalue weighted by Crippen LogP contribution is 2.22. The molecule has 0 saturated carbocycles. The van der Waals surface area contributed by atoms with E-state index in [9.17, 15) is 22.8 Å². The molecule has 0 aliphatic heterocycles. The molecule has 0 aliphatic rings. The van der Waals surface area contributed by atoms with Crippen LogP contribution in [-0.2, 0) is 4.79 Å². The molecule has 1 atom stereocenters. The lowest BCUT2D eigenvalue weighted by Crippen LogP contribution is -2.33. The lowest BCUT2D eigenvalue weighted by Gasteiger charge is -2.15. The molecule has 0 fully saturated rings. The molecule has 4 nitrogen and oxygen atoms in total. The third-order valence-electron chi connectivity index (χ3n) is 3.90. The summed E-state index contributed by atoms with van der Waals surface area (Å²) >= 11 is 1.56. The molecule has 0 bridgehead atoms. The summed E-state index contributed by atoms with van der Waals surface area (Å²) in [6.07, 6.45) is -4.48. The molecule has 2 rings (SSSR count). The van der Waals surface area contributed by atoms with Gasteiger partial charge in [-0.05, 0) is 36.8 Å². The zero-order valence-electron chi connectivity index (χ0n) is 15.5. The van der Waals surface area contributed by atoms with Crippen LogP contribution in [-0.4, -0.2) is 30.3 Å². The van der Waals surface area contributed by atoms with Crippen LogP contribution >= 0.6 is 11.8 Å². The van der Waals surface area contributed by atoms with E-state index in [1.807, 2.05) is 35.6 Å². The molecule has 8 heteroatoms. The maximum atomic E-state index is 12.5. The van der Waals surface area contributed by atoms with Crippen LogP contribution < -0.4 is 10.6 Å². The van der Waals surface area contributed by atoms with E-state index in [4.69, 9.17) is 0 Å². The number of carbonyl (C=O) groups is 2. The number of hydrogen-bond acceptors (Lipinski definition) is 3. The minimum atomic E-state index is -4.48. The molecule has 0 aliphatic carbocycles. The van der Waals surface area contributed by atoms with Crippen LogP contribution in [0, 0.1) is 12.8 Å². The Morgan fingerprint density at radius 1 is 1.11 bits per heavy atom.